The van der Waals surface area contributed by atoms with Crippen LogP contribution in [0.25, 0.3) is 0 Å². The molecule has 6 nitrogen and oxygen atoms in total. The van der Waals surface area contributed by atoms with E-state index in [1.807, 2.05) is 49.4 Å². The van der Waals surface area contributed by atoms with Crippen molar-refractivity contribution < 1.29 is 9.84 Å². The van der Waals surface area contributed by atoms with Gasteiger partial charge in [0.2, 0.25) is 0 Å². The number of nitrogens with one attached hydrogen (secondary N) is 3. The Balaban J connectivity index is 0.00000420. The van der Waals surface area contributed by atoms with Crippen LogP contribution in [-0.2, 0) is 16.9 Å². The summed E-state index contributed by atoms with van der Waals surface area (Å²) < 4.78 is 5.04. The first kappa shape index (κ1) is 25.2. The number of hydrogen-bond donors (Lipinski definition) is 4. The molecule has 1 atom stereocenters. The summed E-state index contributed by atoms with van der Waals surface area (Å²) in [5.41, 5.74) is 2.07. The van der Waals surface area contributed by atoms with Crippen molar-refractivity contribution in [3.8, 4) is 0 Å². The van der Waals surface area contributed by atoms with Gasteiger partial charge in [0.05, 0.1) is 19.7 Å². The molecule has 0 radical (unpaired) electrons. The summed E-state index contributed by atoms with van der Waals surface area (Å²) in [6, 6.07) is 17.8. The largest absolute Gasteiger partial charge is 0.384 e. The standard InChI is InChI=1S/C22H32N4O2.HI/c1-4-23-21(26-17-22(2,27)19-8-6-5-7-9-19)25-16-18-10-12-20(13-11-18)24-14-15-28-3;/h5-13,24,27H,4,14-17H2,1-3H3,(H2,23,25,26);1H. The molecule has 0 saturated heterocycles. The minimum atomic E-state index is -0.979. The summed E-state index contributed by atoms with van der Waals surface area (Å²) in [6.45, 7) is 6.95. The summed E-state index contributed by atoms with van der Waals surface area (Å²) in [6.07, 6.45) is 0. The molecule has 0 saturated carbocycles. The Bertz CT molecular complexity index is 721. The minimum absolute atomic E-state index is 0. The minimum Gasteiger partial charge on any atom is -0.384 e. The first-order chi connectivity index (χ1) is 13.5. The highest BCUT2D eigenvalue weighted by atomic mass is 127. The van der Waals surface area contributed by atoms with Crippen LogP contribution in [0, 0.1) is 0 Å². The lowest BCUT2D eigenvalue weighted by atomic mass is 9.96. The lowest BCUT2D eigenvalue weighted by Crippen LogP contribution is -2.44. The van der Waals surface area contributed by atoms with Crippen LogP contribution in [0.3, 0.4) is 0 Å². The maximum absolute atomic E-state index is 10.7. The van der Waals surface area contributed by atoms with Crippen LogP contribution < -0.4 is 16.0 Å². The van der Waals surface area contributed by atoms with E-state index in [0.29, 0.717) is 25.7 Å². The number of halogens is 1. The lowest BCUT2D eigenvalue weighted by molar-refractivity contribution is 0.0617. The van der Waals surface area contributed by atoms with Crippen molar-refractivity contribution in [3.63, 3.8) is 0 Å². The topological polar surface area (TPSA) is 77.9 Å². The Kier molecular flexibility index (Phi) is 11.6. The first-order valence-corrected chi connectivity index (χ1v) is 9.67. The number of methoxy groups -OCH3 is 1. The van der Waals surface area contributed by atoms with Gasteiger partial charge in [0.15, 0.2) is 5.96 Å². The average molecular weight is 512 g/mol. The molecule has 29 heavy (non-hydrogen) atoms. The fourth-order valence-electron chi connectivity index (χ4n) is 2.69. The van der Waals surface area contributed by atoms with Crippen molar-refractivity contribution in [1.82, 2.24) is 10.6 Å². The molecule has 2 rings (SSSR count). The zero-order valence-corrected chi connectivity index (χ0v) is 19.8. The monoisotopic (exact) mass is 512 g/mol. The normalized spacial score (nSPS) is 13.2. The Labute approximate surface area is 191 Å². The van der Waals surface area contributed by atoms with Gasteiger partial charge in [-0.3, -0.25) is 0 Å². The Morgan fingerprint density at radius 2 is 1.76 bits per heavy atom. The first-order valence-electron chi connectivity index (χ1n) is 9.67. The number of aliphatic imine (C=N–C) groups is 1. The van der Waals surface area contributed by atoms with Crippen LogP contribution in [0.2, 0.25) is 0 Å². The molecule has 0 aromatic heterocycles. The van der Waals surface area contributed by atoms with E-state index in [4.69, 9.17) is 4.74 Å². The van der Waals surface area contributed by atoms with Gasteiger partial charge in [-0.15, -0.1) is 24.0 Å². The summed E-state index contributed by atoms with van der Waals surface area (Å²) in [5, 5.41) is 20.5. The van der Waals surface area contributed by atoms with Gasteiger partial charge in [-0.1, -0.05) is 42.5 Å². The SMILES string of the molecule is CCNC(=NCc1ccc(NCCOC)cc1)NCC(C)(O)c1ccccc1.I. The molecule has 2 aromatic carbocycles. The van der Waals surface area contributed by atoms with Gasteiger partial charge in [0.1, 0.15) is 5.60 Å². The summed E-state index contributed by atoms with van der Waals surface area (Å²) in [7, 11) is 1.69. The quantitative estimate of drug-likeness (QED) is 0.170. The summed E-state index contributed by atoms with van der Waals surface area (Å²) in [4.78, 5) is 4.63. The predicted octanol–water partition coefficient (Wildman–Crippen LogP) is 3.33. The van der Waals surface area contributed by atoms with Crippen LogP contribution in [0.4, 0.5) is 5.69 Å². The molecular weight excluding hydrogens is 479 g/mol. The second-order valence-corrected chi connectivity index (χ2v) is 6.81. The zero-order chi connectivity index (χ0) is 20.2. The molecule has 0 heterocycles. The van der Waals surface area contributed by atoms with Gasteiger partial charge >= 0.3 is 0 Å². The third kappa shape index (κ3) is 9.01. The maximum atomic E-state index is 10.7. The molecule has 2 aromatic rings. The fourth-order valence-corrected chi connectivity index (χ4v) is 2.69. The summed E-state index contributed by atoms with van der Waals surface area (Å²) >= 11 is 0. The third-order valence-corrected chi connectivity index (χ3v) is 4.35. The number of anilines is 1. The van der Waals surface area contributed by atoms with E-state index < -0.39 is 5.60 Å². The number of nitrogens with zero attached hydrogens (tertiary/aromatic N) is 1. The van der Waals surface area contributed by atoms with Gasteiger partial charge < -0.3 is 25.8 Å². The van der Waals surface area contributed by atoms with E-state index in [1.54, 1.807) is 14.0 Å². The second-order valence-electron chi connectivity index (χ2n) is 6.81. The van der Waals surface area contributed by atoms with Crippen molar-refractivity contribution >= 4 is 35.6 Å². The molecule has 4 N–H and O–H groups in total. The zero-order valence-electron chi connectivity index (χ0n) is 17.4. The van der Waals surface area contributed by atoms with Crippen molar-refractivity contribution in [3.05, 3.63) is 65.7 Å². The fraction of sp³-hybridized carbons (Fsp3) is 0.409. The number of benzene rings is 2. The van der Waals surface area contributed by atoms with Crippen LogP contribution in [-0.4, -0.2) is 44.4 Å². The number of aliphatic hydroxyl groups is 1. The molecule has 0 fully saturated rings. The number of hydrogen-bond acceptors (Lipinski definition) is 4. The average Bonchev–Trinajstić information content (AvgIpc) is 2.72. The highest BCUT2D eigenvalue weighted by molar-refractivity contribution is 14.0. The molecule has 7 heteroatoms. The van der Waals surface area contributed by atoms with Gasteiger partial charge in [-0.05, 0) is 37.1 Å². The van der Waals surface area contributed by atoms with Crippen molar-refractivity contribution in [2.75, 3.05) is 38.7 Å². The number of guanidine groups is 1. The van der Waals surface area contributed by atoms with Crippen LogP contribution >= 0.6 is 24.0 Å². The van der Waals surface area contributed by atoms with Crippen LogP contribution in [0.5, 0.6) is 0 Å². The van der Waals surface area contributed by atoms with Gasteiger partial charge in [0, 0.05) is 25.9 Å². The predicted molar refractivity (Wildman–Crippen MR) is 131 cm³/mol. The third-order valence-electron chi connectivity index (χ3n) is 4.35. The molecule has 0 aliphatic heterocycles. The second kappa shape index (κ2) is 13.4. The van der Waals surface area contributed by atoms with Crippen molar-refractivity contribution in [1.29, 1.82) is 0 Å². The van der Waals surface area contributed by atoms with E-state index in [0.717, 1.165) is 29.9 Å². The van der Waals surface area contributed by atoms with Crippen LogP contribution in [0.1, 0.15) is 25.0 Å². The van der Waals surface area contributed by atoms with Gasteiger partial charge in [-0.25, -0.2) is 4.99 Å². The number of ether oxygens (including phenoxy) is 1. The molecule has 0 aliphatic carbocycles. The number of rotatable bonds is 10. The van der Waals surface area contributed by atoms with Gasteiger partial charge in [0.25, 0.3) is 0 Å². The van der Waals surface area contributed by atoms with Crippen molar-refractivity contribution in [2.24, 2.45) is 4.99 Å². The van der Waals surface area contributed by atoms with Crippen LogP contribution in [0.15, 0.2) is 59.6 Å². The highest BCUT2D eigenvalue weighted by Crippen LogP contribution is 2.18. The van der Waals surface area contributed by atoms with Crippen molar-refractivity contribution in [2.45, 2.75) is 26.0 Å². The smallest absolute Gasteiger partial charge is 0.191 e. The molecule has 0 aliphatic rings. The molecule has 160 valence electrons. The summed E-state index contributed by atoms with van der Waals surface area (Å²) in [5.74, 6) is 0.681. The lowest BCUT2D eigenvalue weighted by Gasteiger charge is -2.25. The molecule has 0 amide bonds. The van der Waals surface area contributed by atoms with E-state index in [1.165, 1.54) is 0 Å². The maximum Gasteiger partial charge on any atom is 0.191 e. The Morgan fingerprint density at radius 1 is 1.07 bits per heavy atom. The van der Waals surface area contributed by atoms with E-state index in [9.17, 15) is 5.11 Å². The Hall–Kier alpha value is -1.84. The van der Waals surface area contributed by atoms with E-state index >= 15 is 0 Å². The molecule has 0 spiro atoms. The van der Waals surface area contributed by atoms with E-state index in [2.05, 4.69) is 33.1 Å². The molecule has 0 bridgehead atoms. The van der Waals surface area contributed by atoms with Gasteiger partial charge in [-0.2, -0.15) is 0 Å². The molecular formula is C22H33IN4O2. The molecule has 1 unspecified atom stereocenters. The highest BCUT2D eigenvalue weighted by Gasteiger charge is 2.22. The van der Waals surface area contributed by atoms with E-state index in [-0.39, 0.29) is 24.0 Å². The Morgan fingerprint density at radius 3 is 2.38 bits per heavy atom.